The van der Waals surface area contributed by atoms with Crippen LogP contribution in [0.15, 0.2) is 55.0 Å². The van der Waals surface area contributed by atoms with E-state index in [4.69, 9.17) is 4.74 Å². The van der Waals surface area contributed by atoms with E-state index in [1.54, 1.807) is 63.1 Å². The first-order valence-corrected chi connectivity index (χ1v) is 11.6. The summed E-state index contributed by atoms with van der Waals surface area (Å²) in [5, 5.41) is 2.22. The summed E-state index contributed by atoms with van der Waals surface area (Å²) in [7, 11) is 1.77. The molecular formula is C26H26F3N5O4. The summed E-state index contributed by atoms with van der Waals surface area (Å²) in [6.45, 7) is 5.07. The number of nitrogens with one attached hydrogen (secondary N) is 1. The second kappa shape index (κ2) is 9.84. The molecule has 4 rings (SSSR count). The van der Waals surface area contributed by atoms with E-state index in [1.165, 1.54) is 21.9 Å². The number of carbonyl (C=O) groups excluding carboxylic acids is 3. The van der Waals surface area contributed by atoms with Gasteiger partial charge in [0.05, 0.1) is 29.0 Å². The summed E-state index contributed by atoms with van der Waals surface area (Å²) in [6.07, 6.45) is -2.06. The van der Waals surface area contributed by atoms with E-state index >= 15 is 0 Å². The van der Waals surface area contributed by atoms with E-state index in [-0.39, 0.29) is 18.8 Å². The molecule has 1 saturated heterocycles. The Labute approximate surface area is 216 Å². The Bertz CT molecular complexity index is 1380. The fourth-order valence-electron chi connectivity index (χ4n) is 3.91. The molecule has 9 nitrogen and oxygen atoms in total. The molecule has 1 aliphatic rings. The maximum Gasteiger partial charge on any atom is 0.419 e. The van der Waals surface area contributed by atoms with Crippen molar-refractivity contribution < 1.29 is 32.3 Å². The molecule has 2 heterocycles. The molecule has 0 spiro atoms. The van der Waals surface area contributed by atoms with Crippen molar-refractivity contribution in [3.63, 3.8) is 0 Å². The van der Waals surface area contributed by atoms with Crippen LogP contribution in [0.4, 0.5) is 34.1 Å². The third-order valence-corrected chi connectivity index (χ3v) is 5.55. The first-order chi connectivity index (χ1) is 17.7. The third kappa shape index (κ3) is 5.96. The maximum absolute atomic E-state index is 13.4. The van der Waals surface area contributed by atoms with Crippen molar-refractivity contribution >= 4 is 29.4 Å². The zero-order valence-corrected chi connectivity index (χ0v) is 21.2. The number of alkyl halides is 3. The van der Waals surface area contributed by atoms with E-state index in [2.05, 4.69) is 10.3 Å². The van der Waals surface area contributed by atoms with Gasteiger partial charge in [0.25, 0.3) is 0 Å². The van der Waals surface area contributed by atoms with Crippen molar-refractivity contribution in [3.05, 3.63) is 66.1 Å². The summed E-state index contributed by atoms with van der Waals surface area (Å²) in [5.74, 6) is -0.407. The molecule has 1 fully saturated rings. The second-order valence-corrected chi connectivity index (χ2v) is 9.85. The van der Waals surface area contributed by atoms with Gasteiger partial charge in [0, 0.05) is 25.4 Å². The quantitative estimate of drug-likeness (QED) is 0.457. The molecule has 12 heteroatoms. The van der Waals surface area contributed by atoms with Crippen LogP contribution in [-0.4, -0.2) is 44.6 Å². The zero-order chi connectivity index (χ0) is 27.8. The third-order valence-electron chi connectivity index (χ3n) is 5.55. The first-order valence-electron chi connectivity index (χ1n) is 11.6. The van der Waals surface area contributed by atoms with Gasteiger partial charge in [0.15, 0.2) is 0 Å². The number of anilines is 2. The van der Waals surface area contributed by atoms with E-state index in [0.29, 0.717) is 22.5 Å². The Balaban J connectivity index is 1.83. The summed E-state index contributed by atoms with van der Waals surface area (Å²) in [4.78, 5) is 44.0. The van der Waals surface area contributed by atoms with Crippen molar-refractivity contribution in [2.45, 2.75) is 39.1 Å². The zero-order valence-electron chi connectivity index (χ0n) is 21.2. The predicted octanol–water partition coefficient (Wildman–Crippen LogP) is 5.23. The summed E-state index contributed by atoms with van der Waals surface area (Å²) < 4.78 is 46.9. The number of urea groups is 1. The van der Waals surface area contributed by atoms with E-state index in [9.17, 15) is 27.6 Å². The van der Waals surface area contributed by atoms with Gasteiger partial charge in [-0.05, 0) is 62.7 Å². The number of nitrogens with zero attached hydrogens (tertiary/aromatic N) is 4. The van der Waals surface area contributed by atoms with Crippen LogP contribution in [0.3, 0.4) is 0 Å². The average Bonchev–Trinajstić information content (AvgIpc) is 3.37. The Morgan fingerprint density at radius 1 is 1.11 bits per heavy atom. The predicted molar refractivity (Wildman–Crippen MR) is 132 cm³/mol. The van der Waals surface area contributed by atoms with Crippen LogP contribution < -0.4 is 10.2 Å². The van der Waals surface area contributed by atoms with E-state index in [1.807, 2.05) is 0 Å². The van der Waals surface area contributed by atoms with Crippen LogP contribution in [0, 0.1) is 0 Å². The number of imide groups is 1. The fraction of sp³-hybridized carbons (Fsp3) is 0.308. The Hall–Kier alpha value is -4.35. The number of hydrogen-bond acceptors (Lipinski definition) is 5. The number of halogens is 3. The number of benzene rings is 2. The standard InChI is InChI=1S/C26H26F3N5O4/c1-25(2,3)38-24(37)34(18-8-6-17(7-9-18)26(27,28)29)21-10-5-16(12-33-14-22(35)31-23(33)36)11-19(21)20-13-32(4)15-30-20/h5-11,13,15H,12,14H2,1-4H3,(H,31,35,36). The molecule has 2 aromatic carbocycles. The number of aromatic nitrogens is 2. The molecule has 0 atom stereocenters. The fourth-order valence-corrected chi connectivity index (χ4v) is 3.91. The van der Waals surface area contributed by atoms with Crippen molar-refractivity contribution in [1.82, 2.24) is 19.8 Å². The minimum atomic E-state index is -4.54. The molecular weight excluding hydrogens is 503 g/mol. The highest BCUT2D eigenvalue weighted by atomic mass is 19.4. The lowest BCUT2D eigenvalue weighted by molar-refractivity contribution is -0.137. The first kappa shape index (κ1) is 26.7. The van der Waals surface area contributed by atoms with Gasteiger partial charge in [0.1, 0.15) is 12.1 Å². The highest BCUT2D eigenvalue weighted by Crippen LogP contribution is 2.38. The van der Waals surface area contributed by atoms with Gasteiger partial charge in [-0.15, -0.1) is 0 Å². The normalized spacial score (nSPS) is 14.0. The number of amides is 4. The van der Waals surface area contributed by atoms with Crippen LogP contribution >= 0.6 is 0 Å². The summed E-state index contributed by atoms with van der Waals surface area (Å²) >= 11 is 0. The maximum atomic E-state index is 13.4. The molecule has 38 heavy (non-hydrogen) atoms. The Kier molecular flexibility index (Phi) is 6.92. The summed E-state index contributed by atoms with van der Waals surface area (Å²) in [6, 6.07) is 8.66. The lowest BCUT2D eigenvalue weighted by Crippen LogP contribution is -2.34. The smallest absolute Gasteiger partial charge is 0.419 e. The molecule has 0 unspecified atom stereocenters. The Morgan fingerprint density at radius 2 is 1.79 bits per heavy atom. The van der Waals surface area contributed by atoms with Crippen molar-refractivity contribution in [1.29, 1.82) is 0 Å². The van der Waals surface area contributed by atoms with Crippen molar-refractivity contribution in [2.24, 2.45) is 7.05 Å². The molecule has 1 aromatic heterocycles. The molecule has 1 N–H and O–H groups in total. The number of imidazole rings is 1. The molecule has 0 saturated carbocycles. The number of aryl methyl sites for hydroxylation is 1. The molecule has 4 amide bonds. The number of carbonyl (C=O) groups is 3. The van der Waals surface area contributed by atoms with Crippen LogP contribution in [0.1, 0.15) is 31.9 Å². The van der Waals surface area contributed by atoms with Gasteiger partial charge >= 0.3 is 18.3 Å². The van der Waals surface area contributed by atoms with Crippen LogP contribution in [0.2, 0.25) is 0 Å². The van der Waals surface area contributed by atoms with Gasteiger partial charge in [0.2, 0.25) is 5.91 Å². The molecule has 3 aromatic rings. The molecule has 0 radical (unpaired) electrons. The van der Waals surface area contributed by atoms with Crippen molar-refractivity contribution in [2.75, 3.05) is 11.4 Å². The highest BCUT2D eigenvalue weighted by molar-refractivity contribution is 6.02. The van der Waals surface area contributed by atoms with Gasteiger partial charge in [-0.1, -0.05) is 6.07 Å². The topological polar surface area (TPSA) is 96.8 Å². The number of rotatable bonds is 5. The molecule has 0 bridgehead atoms. The number of hydrogen-bond donors (Lipinski definition) is 1. The van der Waals surface area contributed by atoms with Crippen LogP contribution in [0.5, 0.6) is 0 Å². The SMILES string of the molecule is Cn1cnc(-c2cc(CN3CC(=O)NC3=O)ccc2N(C(=O)OC(C)(C)C)c2ccc(C(F)(F)F)cc2)c1. The minimum absolute atomic E-state index is 0.0882. The number of ether oxygens (including phenoxy) is 1. The Morgan fingerprint density at radius 3 is 2.32 bits per heavy atom. The second-order valence-electron chi connectivity index (χ2n) is 9.85. The minimum Gasteiger partial charge on any atom is -0.443 e. The van der Waals surface area contributed by atoms with Gasteiger partial charge < -0.3 is 14.2 Å². The van der Waals surface area contributed by atoms with E-state index < -0.39 is 35.4 Å². The summed E-state index contributed by atoms with van der Waals surface area (Å²) in [5.41, 5.74) is 0.318. The van der Waals surface area contributed by atoms with Gasteiger partial charge in [-0.2, -0.15) is 13.2 Å². The monoisotopic (exact) mass is 529 g/mol. The van der Waals surface area contributed by atoms with E-state index in [0.717, 1.165) is 12.1 Å². The molecule has 200 valence electrons. The lowest BCUT2D eigenvalue weighted by Gasteiger charge is -2.29. The van der Waals surface area contributed by atoms with Gasteiger partial charge in [-0.25, -0.2) is 19.5 Å². The molecule has 0 aliphatic carbocycles. The largest absolute Gasteiger partial charge is 0.443 e. The molecule has 1 aliphatic heterocycles. The van der Waals surface area contributed by atoms with Gasteiger partial charge in [-0.3, -0.25) is 10.1 Å². The lowest BCUT2D eigenvalue weighted by atomic mass is 10.0. The highest BCUT2D eigenvalue weighted by Gasteiger charge is 2.32. The average molecular weight is 530 g/mol. The van der Waals surface area contributed by atoms with Crippen LogP contribution in [0.25, 0.3) is 11.3 Å². The van der Waals surface area contributed by atoms with Crippen molar-refractivity contribution in [3.8, 4) is 11.3 Å². The van der Waals surface area contributed by atoms with Crippen LogP contribution in [-0.2, 0) is 29.3 Å².